The average Bonchev–Trinajstić information content (AvgIpc) is 2.86. The molecular weight excluding hydrogens is 430 g/mol. The molecule has 1 heterocycles. The number of rotatable bonds is 12. The minimum atomic E-state index is -0.372. The van der Waals surface area contributed by atoms with Crippen LogP contribution in [0.5, 0.6) is 5.75 Å². The van der Waals surface area contributed by atoms with E-state index in [1.807, 2.05) is 61.2 Å². The number of carbonyl (C=O) groups excluding carboxylic acids is 1. The summed E-state index contributed by atoms with van der Waals surface area (Å²) in [5.74, 6) is 1.33. The van der Waals surface area contributed by atoms with Gasteiger partial charge in [0, 0.05) is 20.1 Å². The van der Waals surface area contributed by atoms with Gasteiger partial charge in [0.05, 0.1) is 35.8 Å². The molecule has 0 aliphatic carbocycles. The molecule has 34 heavy (non-hydrogen) atoms. The number of hydrogen-bond donors (Lipinski definition) is 0. The van der Waals surface area contributed by atoms with E-state index in [1.54, 1.807) is 17.7 Å². The van der Waals surface area contributed by atoms with Gasteiger partial charge >= 0.3 is 0 Å². The number of benzene rings is 2. The number of aromatic nitrogens is 2. The van der Waals surface area contributed by atoms with E-state index in [0.29, 0.717) is 55.0 Å². The van der Waals surface area contributed by atoms with Gasteiger partial charge in [-0.25, -0.2) is 4.98 Å². The highest BCUT2D eigenvalue weighted by Crippen LogP contribution is 2.27. The molecule has 2 aromatic carbocycles. The van der Waals surface area contributed by atoms with E-state index < -0.39 is 0 Å². The first-order valence-corrected chi connectivity index (χ1v) is 12.1. The summed E-state index contributed by atoms with van der Waals surface area (Å²) in [4.78, 5) is 33.7. The van der Waals surface area contributed by atoms with Gasteiger partial charge < -0.3 is 14.4 Å². The van der Waals surface area contributed by atoms with Gasteiger partial charge in [-0.15, -0.1) is 0 Å². The Bertz CT molecular complexity index is 1140. The fourth-order valence-electron chi connectivity index (χ4n) is 4.14. The maximum absolute atomic E-state index is 13.7. The summed E-state index contributed by atoms with van der Waals surface area (Å²) in [6, 6.07) is 14.4. The van der Waals surface area contributed by atoms with Crippen molar-refractivity contribution in [3.05, 3.63) is 64.7 Å². The Morgan fingerprint density at radius 1 is 1.09 bits per heavy atom. The Kier molecular flexibility index (Phi) is 9.22. The highest BCUT2D eigenvalue weighted by Gasteiger charge is 2.28. The third-order valence-corrected chi connectivity index (χ3v) is 5.87. The smallest absolute Gasteiger partial charge is 0.266 e. The topological polar surface area (TPSA) is 73.7 Å². The number of carbonyl (C=O) groups is 1. The molecule has 182 valence electrons. The fourth-order valence-corrected chi connectivity index (χ4v) is 4.14. The van der Waals surface area contributed by atoms with Crippen molar-refractivity contribution in [2.75, 3.05) is 26.9 Å². The molecule has 0 radical (unpaired) electrons. The molecule has 0 aliphatic heterocycles. The highest BCUT2D eigenvalue weighted by atomic mass is 16.5. The van der Waals surface area contributed by atoms with Crippen molar-refractivity contribution in [3.8, 4) is 11.4 Å². The van der Waals surface area contributed by atoms with E-state index >= 15 is 0 Å². The Labute approximate surface area is 201 Å². The van der Waals surface area contributed by atoms with Crippen molar-refractivity contribution in [1.29, 1.82) is 0 Å². The molecule has 3 aromatic rings. The first kappa shape index (κ1) is 25.4. The van der Waals surface area contributed by atoms with E-state index in [-0.39, 0.29) is 17.5 Å². The number of amides is 1. The standard InChI is InChI=1S/C27H35N3O4/c1-5-8-13-25(31)29(18-19-33-4)24(6-2)26-28-23-12-10-9-11-22(23)27(32)30(26)20-14-16-21(17-15-20)34-7-3/h9-12,14-17,24H,5-8,13,18-19H2,1-4H3. The molecule has 1 amide bonds. The minimum Gasteiger partial charge on any atom is -0.494 e. The van der Waals surface area contributed by atoms with Crippen LogP contribution in [0.4, 0.5) is 0 Å². The molecule has 1 atom stereocenters. The van der Waals surface area contributed by atoms with Crippen LogP contribution in [0.2, 0.25) is 0 Å². The van der Waals surface area contributed by atoms with E-state index in [9.17, 15) is 9.59 Å². The predicted octanol–water partition coefficient (Wildman–Crippen LogP) is 4.90. The Hall–Kier alpha value is -3.19. The summed E-state index contributed by atoms with van der Waals surface area (Å²) in [6.45, 7) is 7.42. The molecule has 1 aromatic heterocycles. The van der Waals surface area contributed by atoms with Gasteiger partial charge in [0.2, 0.25) is 5.91 Å². The molecule has 0 aliphatic rings. The van der Waals surface area contributed by atoms with Gasteiger partial charge in [-0.1, -0.05) is 32.4 Å². The van der Waals surface area contributed by atoms with Gasteiger partial charge in [-0.05, 0) is 56.2 Å². The lowest BCUT2D eigenvalue weighted by atomic mass is 10.1. The number of unbranched alkanes of at least 4 members (excludes halogenated alkanes) is 1. The highest BCUT2D eigenvalue weighted by molar-refractivity contribution is 5.79. The summed E-state index contributed by atoms with van der Waals surface area (Å²) in [7, 11) is 1.62. The normalized spacial score (nSPS) is 12.0. The van der Waals surface area contributed by atoms with E-state index in [4.69, 9.17) is 14.5 Å². The predicted molar refractivity (Wildman–Crippen MR) is 135 cm³/mol. The van der Waals surface area contributed by atoms with Gasteiger partial charge in [0.1, 0.15) is 11.6 Å². The summed E-state index contributed by atoms with van der Waals surface area (Å²) in [5, 5.41) is 0.538. The quantitative estimate of drug-likeness (QED) is 0.380. The molecule has 1 unspecified atom stereocenters. The number of fused-ring (bicyclic) bond motifs is 1. The largest absolute Gasteiger partial charge is 0.494 e. The molecule has 0 spiro atoms. The lowest BCUT2D eigenvalue weighted by Crippen LogP contribution is -2.40. The fraction of sp³-hybridized carbons (Fsp3) is 0.444. The van der Waals surface area contributed by atoms with Crippen molar-refractivity contribution >= 4 is 16.8 Å². The molecule has 7 heteroatoms. The average molecular weight is 466 g/mol. The summed E-state index contributed by atoms with van der Waals surface area (Å²) in [5.41, 5.74) is 1.15. The molecule has 0 saturated heterocycles. The number of methoxy groups -OCH3 is 1. The van der Waals surface area contributed by atoms with Crippen LogP contribution in [0, 0.1) is 0 Å². The molecular formula is C27H35N3O4. The number of hydrogen-bond acceptors (Lipinski definition) is 5. The maximum Gasteiger partial charge on any atom is 0.266 e. The lowest BCUT2D eigenvalue weighted by molar-refractivity contribution is -0.135. The van der Waals surface area contributed by atoms with Crippen LogP contribution in [0.3, 0.4) is 0 Å². The van der Waals surface area contributed by atoms with E-state index in [1.165, 1.54) is 0 Å². The van der Waals surface area contributed by atoms with Crippen molar-refractivity contribution < 1.29 is 14.3 Å². The van der Waals surface area contributed by atoms with Crippen LogP contribution in [-0.2, 0) is 9.53 Å². The second kappa shape index (κ2) is 12.3. The van der Waals surface area contributed by atoms with Crippen molar-refractivity contribution in [2.45, 2.75) is 52.5 Å². The summed E-state index contributed by atoms with van der Waals surface area (Å²) < 4.78 is 12.5. The zero-order chi connectivity index (χ0) is 24.5. The van der Waals surface area contributed by atoms with Crippen molar-refractivity contribution in [1.82, 2.24) is 14.5 Å². The molecule has 0 bridgehead atoms. The SMILES string of the molecule is CCCCC(=O)N(CCOC)C(CC)c1nc2ccccc2c(=O)n1-c1ccc(OCC)cc1. The Balaban J connectivity index is 2.20. The lowest BCUT2D eigenvalue weighted by Gasteiger charge is -2.32. The first-order chi connectivity index (χ1) is 16.5. The zero-order valence-electron chi connectivity index (χ0n) is 20.6. The molecule has 0 fully saturated rings. The second-order valence-corrected chi connectivity index (χ2v) is 8.16. The molecule has 0 N–H and O–H groups in total. The molecule has 0 saturated carbocycles. The number of nitrogens with zero attached hydrogens (tertiary/aromatic N) is 3. The summed E-state index contributed by atoms with van der Waals surface area (Å²) in [6.07, 6.45) is 2.82. The van der Waals surface area contributed by atoms with Crippen LogP contribution in [0.25, 0.3) is 16.6 Å². The van der Waals surface area contributed by atoms with Gasteiger partial charge in [-0.2, -0.15) is 0 Å². The van der Waals surface area contributed by atoms with Gasteiger partial charge in [-0.3, -0.25) is 14.2 Å². The summed E-state index contributed by atoms with van der Waals surface area (Å²) >= 11 is 0. The Morgan fingerprint density at radius 2 is 1.82 bits per heavy atom. The third kappa shape index (κ3) is 5.65. The van der Waals surface area contributed by atoms with Crippen LogP contribution in [-0.4, -0.2) is 47.2 Å². The van der Waals surface area contributed by atoms with Crippen LogP contribution in [0.15, 0.2) is 53.3 Å². The zero-order valence-corrected chi connectivity index (χ0v) is 20.6. The van der Waals surface area contributed by atoms with Gasteiger partial charge in [0.25, 0.3) is 5.56 Å². The minimum absolute atomic E-state index is 0.0476. The number of ether oxygens (including phenoxy) is 2. The second-order valence-electron chi connectivity index (χ2n) is 8.16. The third-order valence-electron chi connectivity index (χ3n) is 5.87. The number of para-hydroxylation sites is 1. The maximum atomic E-state index is 13.7. The molecule has 3 rings (SSSR count). The van der Waals surface area contributed by atoms with E-state index in [0.717, 1.165) is 18.6 Å². The van der Waals surface area contributed by atoms with Gasteiger partial charge in [0.15, 0.2) is 0 Å². The monoisotopic (exact) mass is 465 g/mol. The van der Waals surface area contributed by atoms with Crippen molar-refractivity contribution in [2.24, 2.45) is 0 Å². The Morgan fingerprint density at radius 3 is 2.47 bits per heavy atom. The first-order valence-electron chi connectivity index (χ1n) is 12.1. The van der Waals surface area contributed by atoms with Crippen LogP contribution in [0.1, 0.15) is 58.3 Å². The molecule has 7 nitrogen and oxygen atoms in total. The van der Waals surface area contributed by atoms with Crippen LogP contribution < -0.4 is 10.3 Å². The van der Waals surface area contributed by atoms with Crippen LogP contribution >= 0.6 is 0 Å². The van der Waals surface area contributed by atoms with Crippen molar-refractivity contribution in [3.63, 3.8) is 0 Å². The van der Waals surface area contributed by atoms with E-state index in [2.05, 4.69) is 6.92 Å².